The van der Waals surface area contributed by atoms with Crippen LogP contribution in [0.25, 0.3) is 98.8 Å². The average molecular weight is 790 g/mol. The molecule has 2 heteroatoms. The molecule has 12 aromatic rings. The van der Waals surface area contributed by atoms with E-state index < -0.39 is 0 Å². The van der Waals surface area contributed by atoms with Crippen molar-refractivity contribution in [2.75, 3.05) is 4.90 Å². The van der Waals surface area contributed by atoms with Gasteiger partial charge in [-0.25, -0.2) is 0 Å². The van der Waals surface area contributed by atoms with Crippen LogP contribution in [-0.4, -0.2) is 0 Å². The second-order valence-corrected chi connectivity index (χ2v) is 16.1. The third kappa shape index (κ3) is 6.20. The predicted octanol–water partition coefficient (Wildman–Crippen LogP) is 17.2. The van der Waals surface area contributed by atoms with E-state index >= 15 is 0 Å². The first kappa shape index (κ1) is 35.7. The Labute approximate surface area is 360 Å². The summed E-state index contributed by atoms with van der Waals surface area (Å²) in [5.74, 6) is 0. The molecule has 0 saturated heterocycles. The number of fused-ring (bicyclic) bond motifs is 7. The smallest absolute Gasteiger partial charge is 0.143 e. The number of hydrogen-bond acceptors (Lipinski definition) is 2. The summed E-state index contributed by atoms with van der Waals surface area (Å²) in [6.45, 7) is 0. The van der Waals surface area contributed by atoms with Crippen molar-refractivity contribution in [3.63, 3.8) is 0 Å². The topological polar surface area (TPSA) is 16.4 Å². The van der Waals surface area contributed by atoms with Gasteiger partial charge in [0.25, 0.3) is 0 Å². The number of anilines is 3. The molecule has 1 aromatic heterocycles. The van der Waals surface area contributed by atoms with Crippen molar-refractivity contribution in [2.24, 2.45) is 0 Å². The Balaban J connectivity index is 0.930. The van der Waals surface area contributed by atoms with Crippen molar-refractivity contribution in [1.82, 2.24) is 0 Å². The number of hydrogen-bond donors (Lipinski definition) is 0. The predicted molar refractivity (Wildman–Crippen MR) is 263 cm³/mol. The maximum Gasteiger partial charge on any atom is 0.143 e. The summed E-state index contributed by atoms with van der Waals surface area (Å²) in [7, 11) is 0. The minimum absolute atomic E-state index is 0.897. The molecule has 0 unspecified atom stereocenters. The Hall–Kier alpha value is -8.20. The van der Waals surface area contributed by atoms with Crippen molar-refractivity contribution in [3.05, 3.63) is 237 Å². The first-order chi connectivity index (χ1) is 30.7. The van der Waals surface area contributed by atoms with Crippen LogP contribution in [-0.2, 0) is 0 Å². The Bertz CT molecular complexity index is 3610. The summed E-state index contributed by atoms with van der Waals surface area (Å²) in [5, 5.41) is 9.57. The summed E-state index contributed by atoms with van der Waals surface area (Å²) < 4.78 is 6.55. The Morgan fingerprint density at radius 1 is 0.274 bits per heavy atom. The van der Waals surface area contributed by atoms with Crippen molar-refractivity contribution >= 4 is 71.3 Å². The molecule has 0 bridgehead atoms. The maximum atomic E-state index is 6.55. The molecular formula is C60H39NO. The molecule has 0 amide bonds. The van der Waals surface area contributed by atoms with Gasteiger partial charge in [-0.15, -0.1) is 0 Å². The van der Waals surface area contributed by atoms with Gasteiger partial charge >= 0.3 is 0 Å². The van der Waals surface area contributed by atoms with Crippen LogP contribution in [0.4, 0.5) is 17.1 Å². The van der Waals surface area contributed by atoms with Gasteiger partial charge in [-0.1, -0.05) is 182 Å². The van der Waals surface area contributed by atoms with Crippen LogP contribution in [0.1, 0.15) is 0 Å². The molecule has 0 aliphatic heterocycles. The van der Waals surface area contributed by atoms with E-state index in [9.17, 15) is 0 Å². The van der Waals surface area contributed by atoms with E-state index in [0.29, 0.717) is 0 Å². The van der Waals surface area contributed by atoms with Gasteiger partial charge in [0.05, 0.1) is 0 Å². The summed E-state index contributed by atoms with van der Waals surface area (Å²) in [6, 6.07) is 85.4. The van der Waals surface area contributed by atoms with E-state index in [0.717, 1.165) is 55.5 Å². The molecule has 0 atom stereocenters. The van der Waals surface area contributed by atoms with Crippen LogP contribution in [0.15, 0.2) is 241 Å². The van der Waals surface area contributed by atoms with Crippen LogP contribution < -0.4 is 4.90 Å². The molecule has 0 saturated carbocycles. The lowest BCUT2D eigenvalue weighted by Gasteiger charge is -2.26. The number of furan rings is 1. The zero-order valence-electron chi connectivity index (χ0n) is 33.9. The molecule has 0 spiro atoms. The van der Waals surface area contributed by atoms with E-state index in [-0.39, 0.29) is 0 Å². The van der Waals surface area contributed by atoms with Crippen LogP contribution in [0.2, 0.25) is 0 Å². The quantitative estimate of drug-likeness (QED) is 0.160. The highest BCUT2D eigenvalue weighted by Gasteiger charge is 2.18. The molecule has 11 aromatic carbocycles. The van der Waals surface area contributed by atoms with Crippen LogP contribution in [0.5, 0.6) is 0 Å². The third-order valence-corrected chi connectivity index (χ3v) is 12.5. The van der Waals surface area contributed by atoms with Crippen LogP contribution in [0, 0.1) is 0 Å². The summed E-state index contributed by atoms with van der Waals surface area (Å²) in [5.41, 5.74) is 14.6. The summed E-state index contributed by atoms with van der Waals surface area (Å²) >= 11 is 0. The number of rotatable bonds is 7. The van der Waals surface area contributed by atoms with Gasteiger partial charge in [0, 0.05) is 33.2 Å². The molecule has 290 valence electrons. The van der Waals surface area contributed by atoms with E-state index in [1.807, 2.05) is 0 Å². The molecule has 12 rings (SSSR count). The minimum atomic E-state index is 0.897. The average Bonchev–Trinajstić information content (AvgIpc) is 3.74. The molecule has 62 heavy (non-hydrogen) atoms. The van der Waals surface area contributed by atoms with E-state index in [1.54, 1.807) is 0 Å². The highest BCUT2D eigenvalue weighted by Crippen LogP contribution is 2.42. The summed E-state index contributed by atoms with van der Waals surface area (Å²) in [4.78, 5) is 2.37. The van der Waals surface area contributed by atoms with E-state index in [4.69, 9.17) is 4.42 Å². The zero-order valence-corrected chi connectivity index (χ0v) is 33.9. The van der Waals surface area contributed by atoms with Gasteiger partial charge in [-0.2, -0.15) is 0 Å². The molecule has 0 N–H and O–H groups in total. The minimum Gasteiger partial charge on any atom is -0.455 e. The van der Waals surface area contributed by atoms with Crippen molar-refractivity contribution in [2.45, 2.75) is 0 Å². The number of nitrogens with zero attached hydrogens (tertiary/aromatic N) is 1. The monoisotopic (exact) mass is 789 g/mol. The summed E-state index contributed by atoms with van der Waals surface area (Å²) in [6.07, 6.45) is 0. The van der Waals surface area contributed by atoms with Gasteiger partial charge in [0.1, 0.15) is 11.2 Å². The van der Waals surface area contributed by atoms with Gasteiger partial charge in [-0.05, 0) is 126 Å². The second-order valence-electron chi connectivity index (χ2n) is 16.1. The first-order valence-electron chi connectivity index (χ1n) is 21.2. The third-order valence-electron chi connectivity index (χ3n) is 12.5. The lowest BCUT2D eigenvalue weighted by Crippen LogP contribution is -2.10. The lowest BCUT2D eigenvalue weighted by molar-refractivity contribution is 0.673. The van der Waals surface area contributed by atoms with Gasteiger partial charge in [0.15, 0.2) is 0 Å². The Morgan fingerprint density at radius 2 is 0.806 bits per heavy atom. The first-order valence-corrected chi connectivity index (χ1v) is 21.2. The molecule has 0 fully saturated rings. The highest BCUT2D eigenvalue weighted by molar-refractivity contribution is 6.19. The zero-order chi connectivity index (χ0) is 41.0. The van der Waals surface area contributed by atoms with Crippen LogP contribution in [0.3, 0.4) is 0 Å². The standard InChI is InChI=1S/C60H39NO/c1-2-13-47-38-48(27-26-40(47)10-1)43-24-22-41(23-25-43)42-28-33-50(34-29-42)61(52-16-7-15-49(39-52)54-19-8-14-44-11-3-5-17-53(44)54)51-35-30-46(31-36-51)55-20-9-21-58-59(55)57-37-32-45-12-4-6-18-56(45)60(57)62-58/h1-39H. The molecule has 0 radical (unpaired) electrons. The SMILES string of the molecule is c1cc(-c2cccc3ccccc23)cc(N(c2ccc(-c3ccc(-c4ccc5ccccc5c4)cc3)cc2)c2ccc(-c3cccc4oc5c6ccccc6ccc5c34)cc2)c1. The maximum absolute atomic E-state index is 6.55. The number of benzene rings is 11. The largest absolute Gasteiger partial charge is 0.455 e. The molecule has 0 aliphatic rings. The Morgan fingerprint density at radius 3 is 1.56 bits per heavy atom. The van der Waals surface area contributed by atoms with E-state index in [2.05, 4.69) is 241 Å². The van der Waals surface area contributed by atoms with Gasteiger partial charge in [-0.3, -0.25) is 0 Å². The fourth-order valence-corrected chi connectivity index (χ4v) is 9.35. The van der Waals surface area contributed by atoms with Gasteiger partial charge in [0.2, 0.25) is 0 Å². The lowest BCUT2D eigenvalue weighted by atomic mass is 9.97. The molecule has 2 nitrogen and oxygen atoms in total. The van der Waals surface area contributed by atoms with Crippen LogP contribution >= 0.6 is 0 Å². The normalized spacial score (nSPS) is 11.5. The fraction of sp³-hybridized carbons (Fsp3) is 0. The molecular weight excluding hydrogens is 751 g/mol. The van der Waals surface area contributed by atoms with Crippen molar-refractivity contribution in [1.29, 1.82) is 0 Å². The van der Waals surface area contributed by atoms with E-state index in [1.165, 1.54) is 60.3 Å². The fourth-order valence-electron chi connectivity index (χ4n) is 9.35. The molecule has 0 aliphatic carbocycles. The van der Waals surface area contributed by atoms with Crippen molar-refractivity contribution in [3.8, 4) is 44.5 Å². The molecule has 1 heterocycles. The van der Waals surface area contributed by atoms with Gasteiger partial charge < -0.3 is 9.32 Å². The van der Waals surface area contributed by atoms with Crippen molar-refractivity contribution < 1.29 is 4.42 Å². The second kappa shape index (κ2) is 14.8. The highest BCUT2D eigenvalue weighted by atomic mass is 16.3. The Kier molecular flexibility index (Phi) is 8.53.